The maximum Gasteiger partial charge on any atom is 0.159 e. The standard InChI is InChI=1S/C16H17Cl2N2/c1-19-11-20(2,14-6-4-3-5-7-14)10-12-8-13(17)9-15(18)16(12)19/h3-9H,10-11H2,1-2H3/q+1. The summed E-state index contributed by atoms with van der Waals surface area (Å²) in [7, 11) is 4.32. The number of rotatable bonds is 1. The Morgan fingerprint density at radius 3 is 2.50 bits per heavy atom. The van der Waals surface area contributed by atoms with Crippen LogP contribution in [-0.2, 0) is 6.54 Å². The molecule has 2 nitrogen and oxygen atoms in total. The Balaban J connectivity index is 2.09. The molecule has 0 aromatic heterocycles. The molecule has 1 aliphatic heterocycles. The molecule has 1 heterocycles. The van der Waals surface area contributed by atoms with Crippen LogP contribution < -0.4 is 9.38 Å². The van der Waals surface area contributed by atoms with Gasteiger partial charge in [0.2, 0.25) is 0 Å². The van der Waals surface area contributed by atoms with Gasteiger partial charge in [-0.2, -0.15) is 0 Å². The molecule has 1 unspecified atom stereocenters. The van der Waals surface area contributed by atoms with Gasteiger partial charge in [0.25, 0.3) is 0 Å². The van der Waals surface area contributed by atoms with Crippen LogP contribution in [-0.4, -0.2) is 20.8 Å². The average molecular weight is 308 g/mol. The van der Waals surface area contributed by atoms with Gasteiger partial charge in [-0.15, -0.1) is 0 Å². The Hall–Kier alpha value is -1.22. The van der Waals surface area contributed by atoms with E-state index >= 15 is 0 Å². The molecule has 0 bridgehead atoms. The van der Waals surface area contributed by atoms with Crippen LogP contribution >= 0.6 is 23.2 Å². The molecule has 1 aliphatic rings. The topological polar surface area (TPSA) is 3.24 Å². The molecule has 0 aliphatic carbocycles. The van der Waals surface area contributed by atoms with Gasteiger partial charge in [-0.25, -0.2) is 0 Å². The number of quaternary nitrogens is 1. The fourth-order valence-corrected chi connectivity index (χ4v) is 3.77. The van der Waals surface area contributed by atoms with Gasteiger partial charge in [-0.1, -0.05) is 41.4 Å². The molecule has 0 radical (unpaired) electrons. The van der Waals surface area contributed by atoms with Crippen LogP contribution in [0.4, 0.5) is 11.4 Å². The van der Waals surface area contributed by atoms with E-state index in [1.165, 1.54) is 11.3 Å². The Morgan fingerprint density at radius 2 is 1.80 bits per heavy atom. The number of para-hydroxylation sites is 1. The fourth-order valence-electron chi connectivity index (χ4n) is 3.09. The van der Waals surface area contributed by atoms with E-state index in [9.17, 15) is 0 Å². The van der Waals surface area contributed by atoms with E-state index in [0.29, 0.717) is 5.02 Å². The predicted octanol–water partition coefficient (Wildman–Crippen LogP) is 4.54. The third-order valence-electron chi connectivity index (χ3n) is 3.91. The third-order valence-corrected chi connectivity index (χ3v) is 4.42. The largest absolute Gasteiger partial charge is 0.326 e. The van der Waals surface area contributed by atoms with Gasteiger partial charge in [-0.05, 0) is 24.3 Å². The zero-order valence-corrected chi connectivity index (χ0v) is 13.1. The van der Waals surface area contributed by atoms with Crippen LogP contribution in [0.3, 0.4) is 0 Å². The highest BCUT2D eigenvalue weighted by atomic mass is 35.5. The highest BCUT2D eigenvalue weighted by Crippen LogP contribution is 2.39. The lowest BCUT2D eigenvalue weighted by molar-refractivity contribution is 0.311. The number of benzene rings is 2. The quantitative estimate of drug-likeness (QED) is 0.699. The van der Waals surface area contributed by atoms with Crippen LogP contribution in [0, 0.1) is 0 Å². The Kier molecular flexibility index (Phi) is 3.41. The minimum Gasteiger partial charge on any atom is -0.326 e. The van der Waals surface area contributed by atoms with Gasteiger partial charge in [-0.3, -0.25) is 4.48 Å². The summed E-state index contributed by atoms with van der Waals surface area (Å²) in [5.41, 5.74) is 3.59. The summed E-state index contributed by atoms with van der Waals surface area (Å²) >= 11 is 12.5. The van der Waals surface area contributed by atoms with Crippen molar-refractivity contribution in [1.29, 1.82) is 0 Å². The number of fused-ring (bicyclic) bond motifs is 1. The number of hydrogen-bond acceptors (Lipinski definition) is 1. The Labute approximate surface area is 129 Å². The van der Waals surface area contributed by atoms with Crippen molar-refractivity contribution >= 4 is 34.6 Å². The number of halogens is 2. The first-order valence-corrected chi connectivity index (χ1v) is 7.34. The lowest BCUT2D eigenvalue weighted by Crippen LogP contribution is -2.54. The van der Waals surface area contributed by atoms with Crippen molar-refractivity contribution in [3.05, 3.63) is 58.1 Å². The van der Waals surface area contributed by atoms with E-state index in [-0.39, 0.29) is 0 Å². The highest BCUT2D eigenvalue weighted by molar-refractivity contribution is 6.36. The van der Waals surface area contributed by atoms with E-state index in [1.807, 2.05) is 18.2 Å². The first-order valence-electron chi connectivity index (χ1n) is 6.59. The molecule has 0 saturated carbocycles. The molecule has 2 aromatic carbocycles. The molecule has 0 N–H and O–H groups in total. The van der Waals surface area contributed by atoms with E-state index in [0.717, 1.165) is 28.4 Å². The smallest absolute Gasteiger partial charge is 0.159 e. The molecule has 0 fully saturated rings. The summed E-state index contributed by atoms with van der Waals surface area (Å²) in [6, 6.07) is 14.4. The Bertz CT molecular complexity index is 642. The second-order valence-corrected chi connectivity index (χ2v) is 6.47. The third kappa shape index (κ3) is 2.28. The van der Waals surface area contributed by atoms with Crippen LogP contribution in [0.25, 0.3) is 0 Å². The van der Waals surface area contributed by atoms with Gasteiger partial charge in [0.1, 0.15) is 12.2 Å². The highest BCUT2D eigenvalue weighted by Gasteiger charge is 2.34. The van der Waals surface area contributed by atoms with Crippen molar-refractivity contribution in [1.82, 2.24) is 4.48 Å². The molecule has 3 rings (SSSR count). The average Bonchev–Trinajstić information content (AvgIpc) is 2.38. The SMILES string of the molecule is CN1C[N+](C)(c2ccccc2)Cc2cc(Cl)cc(Cl)c21. The van der Waals surface area contributed by atoms with Crippen molar-refractivity contribution < 1.29 is 0 Å². The second-order valence-electron chi connectivity index (χ2n) is 5.62. The summed E-state index contributed by atoms with van der Waals surface area (Å²) in [5.74, 6) is 0. The molecule has 0 spiro atoms. The molecular weight excluding hydrogens is 291 g/mol. The van der Waals surface area contributed by atoms with Gasteiger partial charge < -0.3 is 4.90 Å². The zero-order chi connectivity index (χ0) is 14.3. The van der Waals surface area contributed by atoms with Crippen molar-refractivity contribution in [3.8, 4) is 0 Å². The summed E-state index contributed by atoms with van der Waals surface area (Å²) in [5, 5.41) is 1.43. The fraction of sp³-hybridized carbons (Fsp3) is 0.250. The lowest BCUT2D eigenvalue weighted by Gasteiger charge is -2.43. The summed E-state index contributed by atoms with van der Waals surface area (Å²) in [4.78, 5) is 2.21. The minimum atomic E-state index is 0.698. The Morgan fingerprint density at radius 1 is 1.10 bits per heavy atom. The summed E-state index contributed by atoms with van der Waals surface area (Å²) in [6.07, 6.45) is 0. The van der Waals surface area contributed by atoms with Crippen LogP contribution in [0.15, 0.2) is 42.5 Å². The van der Waals surface area contributed by atoms with Crippen LogP contribution in [0.5, 0.6) is 0 Å². The monoisotopic (exact) mass is 307 g/mol. The van der Waals surface area contributed by atoms with E-state index < -0.39 is 0 Å². The first-order chi connectivity index (χ1) is 9.49. The van der Waals surface area contributed by atoms with Gasteiger partial charge in [0.05, 0.1) is 17.8 Å². The number of nitrogens with zero attached hydrogens (tertiary/aromatic N) is 2. The minimum absolute atomic E-state index is 0.698. The number of hydrogen-bond donors (Lipinski definition) is 0. The van der Waals surface area contributed by atoms with E-state index in [2.05, 4.69) is 43.3 Å². The lowest BCUT2D eigenvalue weighted by atomic mass is 10.1. The van der Waals surface area contributed by atoms with Crippen molar-refractivity contribution in [2.45, 2.75) is 6.54 Å². The van der Waals surface area contributed by atoms with Crippen molar-refractivity contribution in [2.75, 3.05) is 25.7 Å². The molecular formula is C16H17Cl2N2+. The van der Waals surface area contributed by atoms with E-state index in [4.69, 9.17) is 23.2 Å². The van der Waals surface area contributed by atoms with Crippen LogP contribution in [0.1, 0.15) is 5.56 Å². The number of anilines is 1. The van der Waals surface area contributed by atoms with Gasteiger partial charge in [0, 0.05) is 17.6 Å². The van der Waals surface area contributed by atoms with Crippen LogP contribution in [0.2, 0.25) is 10.0 Å². The summed E-state index contributed by atoms with van der Waals surface area (Å²) in [6.45, 7) is 1.78. The molecule has 0 amide bonds. The van der Waals surface area contributed by atoms with Gasteiger partial charge >= 0.3 is 0 Å². The molecule has 4 heteroatoms. The van der Waals surface area contributed by atoms with Gasteiger partial charge in [0.15, 0.2) is 6.67 Å². The normalized spacial score (nSPS) is 21.7. The van der Waals surface area contributed by atoms with Crippen molar-refractivity contribution in [2.24, 2.45) is 0 Å². The molecule has 20 heavy (non-hydrogen) atoms. The molecule has 104 valence electrons. The molecule has 1 atom stereocenters. The molecule has 2 aromatic rings. The maximum absolute atomic E-state index is 6.35. The predicted molar refractivity (Wildman–Crippen MR) is 87.6 cm³/mol. The summed E-state index contributed by atoms with van der Waals surface area (Å²) < 4.78 is 0.820. The molecule has 0 saturated heterocycles. The first kappa shape index (κ1) is 13.7. The second kappa shape index (κ2) is 4.96. The van der Waals surface area contributed by atoms with Crippen molar-refractivity contribution in [3.63, 3.8) is 0 Å². The maximum atomic E-state index is 6.35. The van der Waals surface area contributed by atoms with E-state index in [1.54, 1.807) is 0 Å². The zero-order valence-electron chi connectivity index (χ0n) is 11.6.